The second-order valence-corrected chi connectivity index (χ2v) is 6.72. The predicted molar refractivity (Wildman–Crippen MR) is 104 cm³/mol. The van der Waals surface area contributed by atoms with Gasteiger partial charge in [0, 0.05) is 11.5 Å². The summed E-state index contributed by atoms with van der Waals surface area (Å²) in [5.74, 6) is 0.194. The van der Waals surface area contributed by atoms with Gasteiger partial charge in [0.05, 0.1) is 23.3 Å². The van der Waals surface area contributed by atoms with E-state index in [1.54, 1.807) is 30.4 Å². The lowest BCUT2D eigenvalue weighted by molar-refractivity contribution is 0.391. The molecule has 0 saturated heterocycles. The number of nitrogens with one attached hydrogen (secondary N) is 2. The van der Waals surface area contributed by atoms with Gasteiger partial charge >= 0.3 is 0 Å². The summed E-state index contributed by atoms with van der Waals surface area (Å²) < 4.78 is 27.9. The maximum absolute atomic E-state index is 14.6. The van der Waals surface area contributed by atoms with Crippen LogP contribution in [-0.2, 0) is 6.54 Å². The van der Waals surface area contributed by atoms with Crippen LogP contribution in [0.4, 0.5) is 8.78 Å². The summed E-state index contributed by atoms with van der Waals surface area (Å²) in [5, 5.41) is 14.7. The third-order valence-electron chi connectivity index (χ3n) is 4.20. The van der Waals surface area contributed by atoms with Gasteiger partial charge in [-0.1, -0.05) is 18.2 Å². The first-order valence-electron chi connectivity index (χ1n) is 8.67. The first-order valence-corrected chi connectivity index (χ1v) is 8.67. The van der Waals surface area contributed by atoms with Gasteiger partial charge in [-0.3, -0.25) is 10.2 Å². The van der Waals surface area contributed by atoms with Crippen molar-refractivity contribution in [3.05, 3.63) is 65.1 Å². The van der Waals surface area contributed by atoms with Crippen LogP contribution in [0.25, 0.3) is 34.4 Å². The third-order valence-corrected chi connectivity index (χ3v) is 4.20. The quantitative estimate of drug-likeness (QED) is 0.551. The second-order valence-electron chi connectivity index (χ2n) is 6.72. The van der Waals surface area contributed by atoms with Crippen LogP contribution < -0.4 is 0 Å². The van der Waals surface area contributed by atoms with Crippen molar-refractivity contribution in [3.8, 4) is 11.4 Å². The number of hydrogen-bond acceptors (Lipinski definition) is 4. The monoisotopic (exact) mass is 380 g/mol. The molecule has 2 aromatic carbocycles. The number of H-pyrrole nitrogens is 2. The third kappa shape index (κ3) is 3.67. The number of hydrogen-bond donors (Lipinski definition) is 2. The molecule has 0 amide bonds. The van der Waals surface area contributed by atoms with Crippen molar-refractivity contribution in [2.24, 2.45) is 0 Å². The van der Waals surface area contributed by atoms with Crippen LogP contribution in [-0.4, -0.2) is 44.4 Å². The van der Waals surface area contributed by atoms with E-state index in [4.69, 9.17) is 0 Å². The Morgan fingerprint density at radius 3 is 2.68 bits per heavy atom. The highest BCUT2D eigenvalue weighted by Crippen LogP contribution is 2.27. The van der Waals surface area contributed by atoms with Gasteiger partial charge in [0.15, 0.2) is 5.82 Å². The molecule has 142 valence electrons. The van der Waals surface area contributed by atoms with Crippen molar-refractivity contribution in [3.63, 3.8) is 0 Å². The Labute approximate surface area is 159 Å². The van der Waals surface area contributed by atoms with Crippen molar-refractivity contribution in [1.82, 2.24) is 30.3 Å². The zero-order valence-corrected chi connectivity index (χ0v) is 15.4. The molecule has 8 heteroatoms. The molecule has 0 aliphatic heterocycles. The van der Waals surface area contributed by atoms with Gasteiger partial charge in [-0.15, -0.1) is 0 Å². The molecule has 2 heterocycles. The minimum atomic E-state index is -0.438. The topological polar surface area (TPSA) is 73.5 Å². The molecule has 2 aromatic heterocycles. The van der Waals surface area contributed by atoms with Crippen LogP contribution in [0.1, 0.15) is 17.1 Å². The van der Waals surface area contributed by atoms with E-state index in [0.29, 0.717) is 29.1 Å². The first kappa shape index (κ1) is 18.0. The van der Waals surface area contributed by atoms with E-state index in [9.17, 15) is 8.78 Å². The smallest absolute Gasteiger partial charge is 0.184 e. The van der Waals surface area contributed by atoms with E-state index in [-0.39, 0.29) is 17.2 Å². The highest BCUT2D eigenvalue weighted by atomic mass is 19.1. The van der Waals surface area contributed by atoms with Crippen molar-refractivity contribution >= 4 is 23.1 Å². The molecule has 0 unspecified atom stereocenters. The average Bonchev–Trinajstić information content (AvgIpc) is 3.25. The SMILES string of the molecule is CN(C)Cc1nc(-c2cc3c(C=Cc4cccc(F)c4)n[nH]c3cc2F)n[nH]1. The predicted octanol–water partition coefficient (Wildman–Crippen LogP) is 3.86. The van der Waals surface area contributed by atoms with Gasteiger partial charge < -0.3 is 4.90 Å². The zero-order valence-electron chi connectivity index (χ0n) is 15.4. The molecule has 0 aliphatic rings. The summed E-state index contributed by atoms with van der Waals surface area (Å²) in [6.07, 6.45) is 3.51. The number of halogens is 2. The maximum Gasteiger partial charge on any atom is 0.184 e. The van der Waals surface area contributed by atoms with Crippen molar-refractivity contribution in [2.75, 3.05) is 14.1 Å². The highest BCUT2D eigenvalue weighted by Gasteiger charge is 2.15. The Balaban J connectivity index is 1.71. The van der Waals surface area contributed by atoms with E-state index >= 15 is 0 Å². The number of aromatic amines is 2. The lowest BCUT2D eigenvalue weighted by Gasteiger charge is -2.04. The van der Waals surface area contributed by atoms with Gasteiger partial charge in [-0.25, -0.2) is 13.8 Å². The molecule has 0 saturated carbocycles. The van der Waals surface area contributed by atoms with Crippen LogP contribution in [0, 0.1) is 11.6 Å². The molecule has 28 heavy (non-hydrogen) atoms. The van der Waals surface area contributed by atoms with Crippen LogP contribution in [0.15, 0.2) is 36.4 Å². The van der Waals surface area contributed by atoms with Crippen molar-refractivity contribution in [2.45, 2.75) is 6.54 Å². The summed E-state index contributed by atoms with van der Waals surface area (Å²) in [6, 6.07) is 9.29. The van der Waals surface area contributed by atoms with Crippen LogP contribution in [0.3, 0.4) is 0 Å². The number of fused-ring (bicyclic) bond motifs is 1. The van der Waals surface area contributed by atoms with Crippen molar-refractivity contribution < 1.29 is 8.78 Å². The van der Waals surface area contributed by atoms with Crippen molar-refractivity contribution in [1.29, 1.82) is 0 Å². The number of aromatic nitrogens is 5. The van der Waals surface area contributed by atoms with Gasteiger partial charge in [-0.05, 0) is 43.9 Å². The molecular weight excluding hydrogens is 362 g/mol. The van der Waals surface area contributed by atoms with E-state index in [0.717, 1.165) is 5.39 Å². The summed E-state index contributed by atoms with van der Waals surface area (Å²) in [6.45, 7) is 0.574. The van der Waals surface area contributed by atoms with E-state index < -0.39 is 5.82 Å². The van der Waals surface area contributed by atoms with Gasteiger partial charge in [0.25, 0.3) is 0 Å². The van der Waals surface area contributed by atoms with Crippen LogP contribution >= 0.6 is 0 Å². The zero-order chi connectivity index (χ0) is 19.7. The lowest BCUT2D eigenvalue weighted by atomic mass is 10.1. The Morgan fingerprint density at radius 2 is 1.89 bits per heavy atom. The second kappa shape index (κ2) is 7.32. The van der Waals surface area contributed by atoms with E-state index in [1.165, 1.54) is 18.2 Å². The fourth-order valence-corrected chi connectivity index (χ4v) is 2.93. The largest absolute Gasteiger partial charge is 0.302 e. The number of benzene rings is 2. The molecule has 0 spiro atoms. The summed E-state index contributed by atoms with van der Waals surface area (Å²) in [7, 11) is 3.83. The number of nitrogens with zero attached hydrogens (tertiary/aromatic N) is 4. The summed E-state index contributed by atoms with van der Waals surface area (Å²) in [5.41, 5.74) is 2.17. The van der Waals surface area contributed by atoms with Gasteiger partial charge in [-0.2, -0.15) is 10.2 Å². The minimum Gasteiger partial charge on any atom is -0.302 e. The van der Waals surface area contributed by atoms with Crippen LogP contribution in [0.2, 0.25) is 0 Å². The highest BCUT2D eigenvalue weighted by molar-refractivity contribution is 5.92. The molecule has 0 aliphatic carbocycles. The molecular formula is C20H18F2N6. The molecule has 6 nitrogen and oxygen atoms in total. The van der Waals surface area contributed by atoms with E-state index in [1.807, 2.05) is 19.0 Å². The van der Waals surface area contributed by atoms with E-state index in [2.05, 4.69) is 25.4 Å². The lowest BCUT2D eigenvalue weighted by Crippen LogP contribution is -2.11. The summed E-state index contributed by atoms with van der Waals surface area (Å²) >= 11 is 0. The van der Waals surface area contributed by atoms with Crippen LogP contribution in [0.5, 0.6) is 0 Å². The first-order chi connectivity index (χ1) is 13.5. The molecule has 0 radical (unpaired) electrons. The molecule has 0 atom stereocenters. The fraction of sp³-hybridized carbons (Fsp3) is 0.150. The Hall–Kier alpha value is -3.39. The minimum absolute atomic E-state index is 0.288. The number of rotatable bonds is 5. The molecule has 4 aromatic rings. The summed E-state index contributed by atoms with van der Waals surface area (Å²) in [4.78, 5) is 6.31. The normalized spacial score (nSPS) is 11.9. The fourth-order valence-electron chi connectivity index (χ4n) is 2.93. The maximum atomic E-state index is 14.6. The molecule has 0 bridgehead atoms. The average molecular weight is 380 g/mol. The van der Waals surface area contributed by atoms with Gasteiger partial charge in [0.1, 0.15) is 17.5 Å². The Morgan fingerprint density at radius 1 is 1.04 bits per heavy atom. The Kier molecular flexibility index (Phi) is 4.70. The standard InChI is InChI=1S/C20H18F2N6/c1-28(2)11-19-23-20(27-26-19)14-9-15-17(24-25-18(15)10-16(14)22)7-6-12-4-3-5-13(21)8-12/h3-10H,11H2,1-2H3,(H,24,25)(H,23,26,27). The molecule has 4 rings (SSSR count). The molecule has 2 N–H and O–H groups in total. The Bertz CT molecular complexity index is 1160. The molecule has 0 fully saturated rings. The van der Waals surface area contributed by atoms with Gasteiger partial charge in [0.2, 0.25) is 0 Å².